The summed E-state index contributed by atoms with van der Waals surface area (Å²) in [5.41, 5.74) is 5.17. The maximum Gasteiger partial charge on any atom is 0.254 e. The smallest absolute Gasteiger partial charge is 0.254 e. The summed E-state index contributed by atoms with van der Waals surface area (Å²) in [6.45, 7) is 0.0679. The Morgan fingerprint density at radius 2 is 1.91 bits per heavy atom. The number of fused-ring (bicyclic) bond motifs is 1. The van der Waals surface area contributed by atoms with Crippen molar-refractivity contribution in [3.8, 4) is 17.2 Å². The fraction of sp³-hybridized carbons (Fsp3) is 0.0435. The van der Waals surface area contributed by atoms with E-state index in [2.05, 4.69) is 25.7 Å². The van der Waals surface area contributed by atoms with Gasteiger partial charge in [0.1, 0.15) is 11.6 Å². The highest BCUT2D eigenvalue weighted by molar-refractivity contribution is 7.22. The van der Waals surface area contributed by atoms with E-state index < -0.39 is 0 Å². The quantitative estimate of drug-likeness (QED) is 0.263. The number of anilines is 1. The standard InChI is InChI=1S/C23H16FN5O2S/c24-17-8-5-7-15(12-17)22-28-27-21(31-22)14-30-19-10-3-1-6-16(19)13-25-29-23-26-18-9-2-4-11-20(18)32-23/h1-13H,14H2,(H,26,29)/b25-13-. The first-order valence-corrected chi connectivity index (χ1v) is 10.5. The first kappa shape index (κ1) is 19.8. The Morgan fingerprint density at radius 3 is 2.81 bits per heavy atom. The highest BCUT2D eigenvalue weighted by Crippen LogP contribution is 2.25. The lowest BCUT2D eigenvalue weighted by molar-refractivity contribution is 0.264. The van der Waals surface area contributed by atoms with Crippen molar-refractivity contribution in [1.82, 2.24) is 15.2 Å². The number of hydrogen-bond donors (Lipinski definition) is 1. The molecule has 2 aromatic heterocycles. The second kappa shape index (κ2) is 8.94. The van der Waals surface area contributed by atoms with Gasteiger partial charge in [0.2, 0.25) is 11.0 Å². The summed E-state index contributed by atoms with van der Waals surface area (Å²) in [4.78, 5) is 4.49. The predicted octanol–water partition coefficient (Wildman–Crippen LogP) is 5.51. The minimum atomic E-state index is -0.369. The summed E-state index contributed by atoms with van der Waals surface area (Å²) in [7, 11) is 0. The number of nitrogens with zero attached hydrogens (tertiary/aromatic N) is 4. The van der Waals surface area contributed by atoms with E-state index in [1.54, 1.807) is 18.3 Å². The monoisotopic (exact) mass is 445 g/mol. The molecule has 0 unspecified atom stereocenters. The highest BCUT2D eigenvalue weighted by atomic mass is 32.1. The van der Waals surface area contributed by atoms with Gasteiger partial charge >= 0.3 is 0 Å². The van der Waals surface area contributed by atoms with Crippen molar-refractivity contribution in [2.75, 3.05) is 5.43 Å². The predicted molar refractivity (Wildman–Crippen MR) is 121 cm³/mol. The molecular weight excluding hydrogens is 429 g/mol. The van der Waals surface area contributed by atoms with Crippen LogP contribution in [0, 0.1) is 5.82 Å². The fourth-order valence-electron chi connectivity index (χ4n) is 2.99. The molecule has 2 heterocycles. The third-order valence-corrected chi connectivity index (χ3v) is 5.41. The molecule has 0 aliphatic heterocycles. The zero-order chi connectivity index (χ0) is 21.8. The Bertz CT molecular complexity index is 1360. The normalized spacial score (nSPS) is 11.3. The van der Waals surface area contributed by atoms with Gasteiger partial charge in [-0.05, 0) is 42.5 Å². The molecule has 158 valence electrons. The molecule has 1 N–H and O–H groups in total. The molecular formula is C23H16FN5O2S. The second-order valence-corrected chi connectivity index (χ2v) is 7.73. The number of ether oxygens (including phenoxy) is 1. The van der Waals surface area contributed by atoms with Crippen LogP contribution < -0.4 is 10.2 Å². The molecule has 0 saturated carbocycles. The van der Waals surface area contributed by atoms with E-state index in [1.807, 2.05) is 48.5 Å². The molecule has 7 nitrogen and oxygen atoms in total. The van der Waals surface area contributed by atoms with Crippen LogP contribution in [-0.4, -0.2) is 21.4 Å². The largest absolute Gasteiger partial charge is 0.483 e. The Morgan fingerprint density at radius 1 is 1.03 bits per heavy atom. The van der Waals surface area contributed by atoms with Gasteiger partial charge in [-0.1, -0.05) is 41.7 Å². The SMILES string of the molecule is Fc1cccc(-c2nnc(COc3ccccc3/C=N\Nc3nc4ccccc4s3)o2)c1. The Labute approximate surface area is 186 Å². The van der Waals surface area contributed by atoms with Crippen molar-refractivity contribution in [3.05, 3.63) is 90.1 Å². The van der Waals surface area contributed by atoms with Crippen LogP contribution in [0.5, 0.6) is 5.75 Å². The summed E-state index contributed by atoms with van der Waals surface area (Å²) in [5, 5.41) is 12.9. The van der Waals surface area contributed by atoms with Crippen molar-refractivity contribution < 1.29 is 13.5 Å². The Kier molecular flexibility index (Phi) is 5.54. The van der Waals surface area contributed by atoms with E-state index >= 15 is 0 Å². The topological polar surface area (TPSA) is 85.4 Å². The van der Waals surface area contributed by atoms with Gasteiger partial charge in [-0.25, -0.2) is 9.37 Å². The Hall–Kier alpha value is -4.11. The number of nitrogens with one attached hydrogen (secondary N) is 1. The van der Waals surface area contributed by atoms with Crippen molar-refractivity contribution in [2.45, 2.75) is 6.61 Å². The molecule has 0 saturated heterocycles. The molecule has 0 bridgehead atoms. The van der Waals surface area contributed by atoms with Crippen LogP contribution in [0.1, 0.15) is 11.5 Å². The maximum absolute atomic E-state index is 13.4. The van der Waals surface area contributed by atoms with Crippen molar-refractivity contribution >= 4 is 32.9 Å². The lowest BCUT2D eigenvalue weighted by Crippen LogP contribution is -1.99. The summed E-state index contributed by atoms with van der Waals surface area (Å²) >= 11 is 1.53. The van der Waals surface area contributed by atoms with Gasteiger partial charge in [-0.2, -0.15) is 5.10 Å². The van der Waals surface area contributed by atoms with Crippen LogP contribution in [0.15, 0.2) is 82.3 Å². The number of halogens is 1. The zero-order valence-electron chi connectivity index (χ0n) is 16.6. The van der Waals surface area contributed by atoms with Gasteiger partial charge < -0.3 is 9.15 Å². The van der Waals surface area contributed by atoms with E-state index in [0.717, 1.165) is 15.8 Å². The van der Waals surface area contributed by atoms with E-state index in [4.69, 9.17) is 9.15 Å². The lowest BCUT2D eigenvalue weighted by atomic mass is 10.2. The van der Waals surface area contributed by atoms with Crippen LogP contribution in [0.3, 0.4) is 0 Å². The minimum Gasteiger partial charge on any atom is -0.483 e. The average molecular weight is 445 g/mol. The first-order valence-electron chi connectivity index (χ1n) is 9.69. The zero-order valence-corrected chi connectivity index (χ0v) is 17.4. The summed E-state index contributed by atoms with van der Waals surface area (Å²) in [5.74, 6) is 0.751. The fourth-order valence-corrected chi connectivity index (χ4v) is 3.80. The number of aromatic nitrogens is 3. The van der Waals surface area contributed by atoms with Gasteiger partial charge in [-0.3, -0.25) is 5.43 Å². The van der Waals surface area contributed by atoms with Crippen LogP contribution in [-0.2, 0) is 6.61 Å². The van der Waals surface area contributed by atoms with Gasteiger partial charge in [0.25, 0.3) is 5.89 Å². The molecule has 0 aliphatic rings. The number of benzene rings is 3. The average Bonchev–Trinajstić information content (AvgIpc) is 3.45. The third kappa shape index (κ3) is 4.47. The molecule has 9 heteroatoms. The third-order valence-electron chi connectivity index (χ3n) is 4.47. The van der Waals surface area contributed by atoms with Gasteiger partial charge in [0.15, 0.2) is 6.61 Å². The lowest BCUT2D eigenvalue weighted by Gasteiger charge is -2.06. The molecule has 0 atom stereocenters. The number of hydrazone groups is 1. The summed E-state index contributed by atoms with van der Waals surface area (Å²) < 4.78 is 25.9. The number of hydrogen-bond acceptors (Lipinski definition) is 8. The van der Waals surface area contributed by atoms with Crippen LogP contribution >= 0.6 is 11.3 Å². The van der Waals surface area contributed by atoms with E-state index in [0.29, 0.717) is 16.4 Å². The van der Waals surface area contributed by atoms with Crippen LogP contribution in [0.2, 0.25) is 0 Å². The molecule has 3 aromatic carbocycles. The van der Waals surface area contributed by atoms with Crippen molar-refractivity contribution in [1.29, 1.82) is 0 Å². The molecule has 5 rings (SSSR count). The van der Waals surface area contributed by atoms with Crippen molar-refractivity contribution in [2.24, 2.45) is 5.10 Å². The van der Waals surface area contributed by atoms with Crippen LogP contribution in [0.4, 0.5) is 9.52 Å². The molecule has 32 heavy (non-hydrogen) atoms. The number of rotatable bonds is 7. The van der Waals surface area contributed by atoms with E-state index in [-0.39, 0.29) is 24.2 Å². The maximum atomic E-state index is 13.4. The summed E-state index contributed by atoms with van der Waals surface area (Å²) in [6.07, 6.45) is 1.66. The summed E-state index contributed by atoms with van der Waals surface area (Å²) in [6, 6.07) is 21.3. The Balaban J connectivity index is 1.25. The van der Waals surface area contributed by atoms with Gasteiger partial charge in [-0.15, -0.1) is 10.2 Å². The molecule has 0 amide bonds. The van der Waals surface area contributed by atoms with Crippen molar-refractivity contribution in [3.63, 3.8) is 0 Å². The van der Waals surface area contributed by atoms with E-state index in [9.17, 15) is 4.39 Å². The van der Waals surface area contributed by atoms with E-state index in [1.165, 1.54) is 23.5 Å². The highest BCUT2D eigenvalue weighted by Gasteiger charge is 2.11. The molecule has 5 aromatic rings. The number of thiazole rings is 1. The molecule has 0 radical (unpaired) electrons. The van der Waals surface area contributed by atoms with Gasteiger partial charge in [0, 0.05) is 11.1 Å². The second-order valence-electron chi connectivity index (χ2n) is 6.69. The molecule has 0 spiro atoms. The van der Waals surface area contributed by atoms with Gasteiger partial charge in [0.05, 0.1) is 16.4 Å². The molecule has 0 aliphatic carbocycles. The minimum absolute atomic E-state index is 0.0679. The first-order chi connectivity index (χ1) is 15.7. The number of para-hydroxylation sites is 2. The molecule has 0 fully saturated rings. The van der Waals surface area contributed by atoms with Crippen LogP contribution in [0.25, 0.3) is 21.7 Å².